The van der Waals surface area contributed by atoms with Crippen LogP contribution in [-0.4, -0.2) is 24.5 Å². The van der Waals surface area contributed by atoms with Gasteiger partial charge in [0, 0.05) is 19.2 Å². The van der Waals surface area contributed by atoms with Gasteiger partial charge in [-0.05, 0) is 42.8 Å². The lowest BCUT2D eigenvalue weighted by atomic mass is 10.2. The molecule has 3 aromatic rings. The van der Waals surface area contributed by atoms with E-state index in [1.54, 1.807) is 36.9 Å². The molecular formula is C21H16N4O4S2. The van der Waals surface area contributed by atoms with E-state index in [0.717, 1.165) is 11.8 Å². The molecular weight excluding hydrogens is 436 g/mol. The molecule has 2 heterocycles. The number of para-hydroxylation sites is 1. The smallest absolute Gasteiger partial charge is 0.283 e. The molecule has 0 atom stereocenters. The third kappa shape index (κ3) is 3.60. The number of thioether (sulfide) groups is 1. The summed E-state index contributed by atoms with van der Waals surface area (Å²) in [7, 11) is 1.75. The van der Waals surface area contributed by atoms with Crippen LogP contribution in [0.3, 0.4) is 0 Å². The van der Waals surface area contributed by atoms with Gasteiger partial charge in [0.2, 0.25) is 0 Å². The van der Waals surface area contributed by atoms with Gasteiger partial charge in [-0.1, -0.05) is 42.2 Å². The second kappa shape index (κ2) is 7.97. The van der Waals surface area contributed by atoms with Crippen LogP contribution in [0.2, 0.25) is 0 Å². The summed E-state index contributed by atoms with van der Waals surface area (Å²) in [5, 5.41) is 10.8. The van der Waals surface area contributed by atoms with Crippen molar-refractivity contribution < 1.29 is 9.72 Å². The summed E-state index contributed by atoms with van der Waals surface area (Å²) >= 11 is 6.50. The fourth-order valence-electron chi connectivity index (χ4n) is 3.32. The molecule has 8 nitrogen and oxygen atoms in total. The highest BCUT2D eigenvalue weighted by Crippen LogP contribution is 2.36. The average molecular weight is 453 g/mol. The Bertz CT molecular complexity index is 1310. The molecule has 4 rings (SSSR count). The quantitative estimate of drug-likeness (QED) is 0.259. The van der Waals surface area contributed by atoms with Crippen molar-refractivity contribution in [2.45, 2.75) is 6.92 Å². The molecule has 0 radical (unpaired) electrons. The summed E-state index contributed by atoms with van der Waals surface area (Å²) in [5.74, 6) is -0.403. The minimum atomic E-state index is -0.487. The summed E-state index contributed by atoms with van der Waals surface area (Å²) in [6.45, 7) is 1.76. The summed E-state index contributed by atoms with van der Waals surface area (Å²) in [4.78, 5) is 38.3. The van der Waals surface area contributed by atoms with Crippen LogP contribution in [0.1, 0.15) is 11.3 Å². The van der Waals surface area contributed by atoms with E-state index in [0.29, 0.717) is 21.8 Å². The molecule has 1 aliphatic rings. The summed E-state index contributed by atoms with van der Waals surface area (Å²) in [6.07, 6.45) is 1.61. The zero-order valence-corrected chi connectivity index (χ0v) is 18.1. The lowest BCUT2D eigenvalue weighted by molar-refractivity contribution is -0.384. The van der Waals surface area contributed by atoms with Crippen molar-refractivity contribution in [1.29, 1.82) is 0 Å². The lowest BCUT2D eigenvalue weighted by Gasteiger charge is -2.12. The van der Waals surface area contributed by atoms with Gasteiger partial charge < -0.3 is 0 Å². The zero-order valence-electron chi connectivity index (χ0n) is 16.5. The Kier molecular flexibility index (Phi) is 5.34. The number of thiocarbonyl (C=S) groups is 1. The third-order valence-electron chi connectivity index (χ3n) is 4.94. The van der Waals surface area contributed by atoms with Crippen LogP contribution in [0.4, 0.5) is 11.4 Å². The molecule has 1 fully saturated rings. The Balaban J connectivity index is 1.73. The first-order chi connectivity index (χ1) is 14.8. The number of benzene rings is 2. The summed E-state index contributed by atoms with van der Waals surface area (Å²) in [6, 6.07) is 15.0. The maximum atomic E-state index is 13.3. The number of hydrogen-bond acceptors (Lipinski definition) is 6. The fraction of sp³-hybridized carbons (Fsp3) is 0.0952. The molecule has 0 saturated carbocycles. The number of aromatic nitrogens is 2. The molecule has 31 heavy (non-hydrogen) atoms. The number of nitro groups is 1. The van der Waals surface area contributed by atoms with E-state index >= 15 is 0 Å². The SMILES string of the molecule is Cc1c(N2C(=O)C(=Cc3ccc([N+](=O)[O-])cc3)SC2=S)c(=O)n(-c2ccccc2)n1C. The first-order valence-corrected chi connectivity index (χ1v) is 10.4. The van der Waals surface area contributed by atoms with E-state index in [1.165, 1.54) is 21.7 Å². The van der Waals surface area contributed by atoms with E-state index < -0.39 is 10.8 Å². The van der Waals surface area contributed by atoms with E-state index in [1.807, 2.05) is 30.3 Å². The standard InChI is InChI=1S/C21H16N4O4S2/c1-13-18(20(27)24(22(13)2)15-6-4-3-5-7-15)23-19(26)17(31-21(23)30)12-14-8-10-16(11-9-14)25(28)29/h3-12H,1-2H3. The molecule has 0 spiro atoms. The van der Waals surface area contributed by atoms with Gasteiger partial charge in [-0.3, -0.25) is 29.3 Å². The molecule has 0 N–H and O–H groups in total. The van der Waals surface area contributed by atoms with Gasteiger partial charge in [-0.15, -0.1) is 0 Å². The van der Waals surface area contributed by atoms with Crippen LogP contribution in [0.25, 0.3) is 11.8 Å². The number of nitro benzene ring substituents is 1. The number of amides is 1. The maximum Gasteiger partial charge on any atom is 0.296 e. The minimum absolute atomic E-state index is 0.0360. The maximum absolute atomic E-state index is 13.3. The van der Waals surface area contributed by atoms with Crippen LogP contribution >= 0.6 is 24.0 Å². The number of carbonyl (C=O) groups excluding carboxylic acids is 1. The van der Waals surface area contributed by atoms with Gasteiger partial charge in [0.05, 0.1) is 21.2 Å². The van der Waals surface area contributed by atoms with Crippen molar-refractivity contribution in [3.63, 3.8) is 0 Å². The molecule has 0 aliphatic carbocycles. The first kappa shape index (κ1) is 20.8. The monoisotopic (exact) mass is 452 g/mol. The van der Waals surface area contributed by atoms with Gasteiger partial charge in [-0.2, -0.15) is 0 Å². The van der Waals surface area contributed by atoms with Crippen LogP contribution in [0.15, 0.2) is 64.3 Å². The van der Waals surface area contributed by atoms with Gasteiger partial charge in [0.1, 0.15) is 5.69 Å². The van der Waals surface area contributed by atoms with Crippen LogP contribution in [0.5, 0.6) is 0 Å². The first-order valence-electron chi connectivity index (χ1n) is 9.16. The van der Waals surface area contributed by atoms with Crippen LogP contribution in [-0.2, 0) is 11.8 Å². The highest BCUT2D eigenvalue weighted by molar-refractivity contribution is 8.27. The molecule has 156 valence electrons. The minimum Gasteiger partial charge on any atom is -0.283 e. The molecule has 1 aliphatic heterocycles. The molecule has 10 heteroatoms. The number of hydrogen-bond donors (Lipinski definition) is 0. The van der Waals surface area contributed by atoms with E-state index in [4.69, 9.17) is 12.2 Å². The molecule has 1 amide bonds. The van der Waals surface area contributed by atoms with E-state index in [-0.39, 0.29) is 21.3 Å². The van der Waals surface area contributed by atoms with Crippen molar-refractivity contribution in [2.24, 2.45) is 7.05 Å². The number of nitrogens with zero attached hydrogens (tertiary/aromatic N) is 4. The van der Waals surface area contributed by atoms with Crippen LogP contribution < -0.4 is 10.5 Å². The van der Waals surface area contributed by atoms with Crippen molar-refractivity contribution >= 4 is 51.7 Å². The Morgan fingerprint density at radius 2 is 1.71 bits per heavy atom. The molecule has 0 bridgehead atoms. The summed E-state index contributed by atoms with van der Waals surface area (Å²) in [5.41, 5.74) is 1.72. The van der Waals surface area contributed by atoms with Gasteiger partial charge >= 0.3 is 0 Å². The van der Waals surface area contributed by atoms with Crippen molar-refractivity contribution in [3.8, 4) is 5.69 Å². The largest absolute Gasteiger partial charge is 0.296 e. The summed E-state index contributed by atoms with van der Waals surface area (Å²) < 4.78 is 3.43. The third-order valence-corrected chi connectivity index (χ3v) is 6.24. The van der Waals surface area contributed by atoms with Gasteiger partial charge in [0.25, 0.3) is 17.2 Å². The lowest BCUT2D eigenvalue weighted by Crippen LogP contribution is -2.33. The predicted octanol–water partition coefficient (Wildman–Crippen LogP) is 3.80. The zero-order chi connectivity index (χ0) is 22.3. The van der Waals surface area contributed by atoms with Gasteiger partial charge in [0.15, 0.2) is 4.32 Å². The van der Waals surface area contributed by atoms with E-state index in [2.05, 4.69) is 0 Å². The Morgan fingerprint density at radius 3 is 2.32 bits per heavy atom. The molecule has 1 saturated heterocycles. The highest BCUT2D eigenvalue weighted by atomic mass is 32.2. The second-order valence-corrected chi connectivity index (χ2v) is 8.45. The van der Waals surface area contributed by atoms with Crippen molar-refractivity contribution in [3.05, 3.63) is 91.2 Å². The normalized spacial score (nSPS) is 15.2. The van der Waals surface area contributed by atoms with Gasteiger partial charge in [-0.25, -0.2) is 4.68 Å². The number of carbonyl (C=O) groups is 1. The fourth-order valence-corrected chi connectivity index (χ4v) is 4.59. The molecule has 2 aromatic carbocycles. The highest BCUT2D eigenvalue weighted by Gasteiger charge is 2.37. The Morgan fingerprint density at radius 1 is 1.06 bits per heavy atom. The molecule has 0 unspecified atom stereocenters. The van der Waals surface area contributed by atoms with Crippen LogP contribution in [0, 0.1) is 17.0 Å². The van der Waals surface area contributed by atoms with E-state index in [9.17, 15) is 19.7 Å². The molecule has 1 aromatic heterocycles. The average Bonchev–Trinajstić information content (AvgIpc) is 3.14. The Labute approximate surface area is 186 Å². The number of non-ortho nitro benzene ring substituents is 1. The number of anilines is 1. The van der Waals surface area contributed by atoms with Crippen molar-refractivity contribution in [1.82, 2.24) is 9.36 Å². The van der Waals surface area contributed by atoms with Crippen molar-refractivity contribution in [2.75, 3.05) is 4.90 Å². The number of rotatable bonds is 4. The topological polar surface area (TPSA) is 90.4 Å². The second-order valence-electron chi connectivity index (χ2n) is 6.78. The predicted molar refractivity (Wildman–Crippen MR) is 124 cm³/mol. The Hall–Kier alpha value is -3.50.